The first-order chi connectivity index (χ1) is 13.8. The molecule has 0 aliphatic carbocycles. The van der Waals surface area contributed by atoms with Gasteiger partial charge in [0.1, 0.15) is 0 Å². The molecule has 0 aromatic heterocycles. The Bertz CT molecular complexity index is 749. The summed E-state index contributed by atoms with van der Waals surface area (Å²) < 4.78 is 5.29. The highest BCUT2D eigenvalue weighted by atomic mass is 16.5. The Labute approximate surface area is 167 Å². The monoisotopic (exact) mass is 379 g/mol. The Kier molecular flexibility index (Phi) is 6.37. The first-order valence-corrected chi connectivity index (χ1v) is 10.2. The summed E-state index contributed by atoms with van der Waals surface area (Å²) in [6.45, 7) is 7.62. The van der Waals surface area contributed by atoms with Crippen LogP contribution in [0.5, 0.6) is 0 Å². The molecular weight excluding hydrogens is 350 g/mol. The maximum atomic E-state index is 12.2. The molecule has 28 heavy (non-hydrogen) atoms. The van der Waals surface area contributed by atoms with Gasteiger partial charge in [-0.2, -0.15) is 0 Å². The van der Waals surface area contributed by atoms with E-state index in [1.54, 1.807) is 0 Å². The molecule has 1 unspecified atom stereocenters. The van der Waals surface area contributed by atoms with Crippen LogP contribution in [0.25, 0.3) is 0 Å². The van der Waals surface area contributed by atoms with Crippen molar-refractivity contribution in [2.24, 2.45) is 5.92 Å². The minimum absolute atomic E-state index is 0.00754. The lowest BCUT2D eigenvalue weighted by atomic mass is 10.1. The molecule has 0 radical (unpaired) electrons. The second kappa shape index (κ2) is 9.32. The van der Waals surface area contributed by atoms with Crippen molar-refractivity contribution in [3.63, 3.8) is 0 Å². The van der Waals surface area contributed by atoms with Gasteiger partial charge >= 0.3 is 0 Å². The molecule has 2 aliphatic rings. The van der Waals surface area contributed by atoms with Crippen LogP contribution in [0, 0.1) is 5.92 Å². The van der Waals surface area contributed by atoms with Crippen molar-refractivity contribution in [3.8, 4) is 0 Å². The lowest BCUT2D eigenvalue weighted by Gasteiger charge is -2.34. The standard InChI is InChI=1S/C23H29N3O2/c27-23(21-10-15-28-18-21)24-22-8-6-20(7-9-22)17-26-13-11-25(12-14-26)16-19-4-2-1-3-5-19/h1-9,21H,10-18H2,(H,24,27). The Morgan fingerprint density at radius 1 is 0.893 bits per heavy atom. The second-order valence-corrected chi connectivity index (χ2v) is 7.78. The van der Waals surface area contributed by atoms with E-state index in [1.165, 1.54) is 11.1 Å². The Morgan fingerprint density at radius 3 is 2.07 bits per heavy atom. The average Bonchev–Trinajstić information content (AvgIpc) is 3.27. The lowest BCUT2D eigenvalue weighted by molar-refractivity contribution is -0.119. The molecule has 0 saturated carbocycles. The number of ether oxygens (including phenoxy) is 1. The van der Waals surface area contributed by atoms with E-state index in [2.05, 4.69) is 57.6 Å². The number of nitrogens with one attached hydrogen (secondary N) is 1. The van der Waals surface area contributed by atoms with Gasteiger partial charge in [-0.25, -0.2) is 0 Å². The third kappa shape index (κ3) is 5.19. The molecule has 5 nitrogen and oxygen atoms in total. The Balaban J connectivity index is 1.22. The van der Waals surface area contributed by atoms with Crippen molar-refractivity contribution in [1.29, 1.82) is 0 Å². The molecule has 148 valence electrons. The summed E-state index contributed by atoms with van der Waals surface area (Å²) in [6.07, 6.45) is 0.820. The minimum atomic E-state index is -0.00754. The van der Waals surface area contributed by atoms with Crippen molar-refractivity contribution in [2.75, 3.05) is 44.7 Å². The molecular formula is C23H29N3O2. The third-order valence-electron chi connectivity index (χ3n) is 5.64. The first kappa shape index (κ1) is 19.1. The molecule has 2 aromatic carbocycles. The molecule has 2 fully saturated rings. The number of nitrogens with zero attached hydrogens (tertiary/aromatic N) is 2. The van der Waals surface area contributed by atoms with Gasteiger partial charge in [-0.05, 0) is 29.7 Å². The number of carbonyl (C=O) groups is 1. The van der Waals surface area contributed by atoms with Gasteiger partial charge in [0.15, 0.2) is 0 Å². The van der Waals surface area contributed by atoms with E-state index in [4.69, 9.17) is 4.74 Å². The third-order valence-corrected chi connectivity index (χ3v) is 5.64. The maximum Gasteiger partial charge on any atom is 0.229 e. The van der Waals surface area contributed by atoms with Crippen molar-refractivity contribution >= 4 is 11.6 Å². The predicted octanol–water partition coefficient (Wildman–Crippen LogP) is 2.98. The second-order valence-electron chi connectivity index (χ2n) is 7.78. The van der Waals surface area contributed by atoms with Crippen molar-refractivity contribution in [1.82, 2.24) is 9.80 Å². The number of rotatable bonds is 6. The number of hydrogen-bond acceptors (Lipinski definition) is 4. The molecule has 4 rings (SSSR count). The molecule has 2 aromatic rings. The summed E-state index contributed by atoms with van der Waals surface area (Å²) in [5.74, 6) is 0.0617. The van der Waals surface area contributed by atoms with Crippen LogP contribution < -0.4 is 5.32 Å². The summed E-state index contributed by atoms with van der Waals surface area (Å²) in [7, 11) is 0. The fourth-order valence-electron chi connectivity index (χ4n) is 3.88. The highest BCUT2D eigenvalue weighted by molar-refractivity contribution is 5.92. The van der Waals surface area contributed by atoms with E-state index >= 15 is 0 Å². The first-order valence-electron chi connectivity index (χ1n) is 10.2. The van der Waals surface area contributed by atoms with E-state index in [0.29, 0.717) is 13.2 Å². The van der Waals surface area contributed by atoms with Crippen molar-refractivity contribution in [3.05, 3.63) is 65.7 Å². The number of hydrogen-bond donors (Lipinski definition) is 1. The summed E-state index contributed by atoms with van der Waals surface area (Å²) in [5.41, 5.74) is 3.55. The molecule has 1 amide bonds. The Morgan fingerprint density at radius 2 is 1.50 bits per heavy atom. The summed E-state index contributed by atoms with van der Waals surface area (Å²) in [4.78, 5) is 17.2. The quantitative estimate of drug-likeness (QED) is 0.838. The van der Waals surface area contributed by atoms with Crippen LogP contribution in [0.2, 0.25) is 0 Å². The van der Waals surface area contributed by atoms with Crippen LogP contribution >= 0.6 is 0 Å². The van der Waals surface area contributed by atoms with E-state index in [0.717, 1.165) is 51.4 Å². The van der Waals surface area contributed by atoms with Crippen LogP contribution in [0.3, 0.4) is 0 Å². The number of amides is 1. The lowest BCUT2D eigenvalue weighted by Crippen LogP contribution is -2.45. The highest BCUT2D eigenvalue weighted by Crippen LogP contribution is 2.17. The number of carbonyl (C=O) groups excluding carboxylic acids is 1. The van der Waals surface area contributed by atoms with E-state index < -0.39 is 0 Å². The van der Waals surface area contributed by atoms with Crippen LogP contribution in [0.1, 0.15) is 17.5 Å². The fraction of sp³-hybridized carbons (Fsp3) is 0.435. The zero-order valence-electron chi connectivity index (χ0n) is 16.3. The zero-order valence-corrected chi connectivity index (χ0v) is 16.3. The van der Waals surface area contributed by atoms with Crippen LogP contribution in [-0.4, -0.2) is 55.1 Å². The van der Waals surface area contributed by atoms with Crippen molar-refractivity contribution < 1.29 is 9.53 Å². The van der Waals surface area contributed by atoms with E-state index in [9.17, 15) is 4.79 Å². The molecule has 2 saturated heterocycles. The maximum absolute atomic E-state index is 12.2. The fourth-order valence-corrected chi connectivity index (χ4v) is 3.88. The van der Waals surface area contributed by atoms with Gasteiger partial charge in [-0.3, -0.25) is 14.6 Å². The van der Waals surface area contributed by atoms with Gasteiger partial charge < -0.3 is 10.1 Å². The van der Waals surface area contributed by atoms with Gasteiger partial charge in [0.05, 0.1) is 12.5 Å². The van der Waals surface area contributed by atoms with E-state index in [1.807, 2.05) is 12.1 Å². The van der Waals surface area contributed by atoms with Gasteiger partial charge in [-0.1, -0.05) is 42.5 Å². The molecule has 2 aliphatic heterocycles. The molecule has 1 atom stereocenters. The van der Waals surface area contributed by atoms with E-state index in [-0.39, 0.29) is 11.8 Å². The number of anilines is 1. The van der Waals surface area contributed by atoms with Crippen LogP contribution in [0.4, 0.5) is 5.69 Å². The summed E-state index contributed by atoms with van der Waals surface area (Å²) in [5, 5.41) is 3.00. The minimum Gasteiger partial charge on any atom is -0.381 e. The van der Waals surface area contributed by atoms with Gasteiger partial charge in [0, 0.05) is 51.6 Å². The summed E-state index contributed by atoms with van der Waals surface area (Å²) in [6, 6.07) is 19.0. The zero-order chi connectivity index (χ0) is 19.2. The highest BCUT2D eigenvalue weighted by Gasteiger charge is 2.23. The molecule has 1 N–H and O–H groups in total. The molecule has 0 bridgehead atoms. The van der Waals surface area contributed by atoms with Crippen LogP contribution in [-0.2, 0) is 22.6 Å². The molecule has 0 spiro atoms. The topological polar surface area (TPSA) is 44.8 Å². The molecule has 2 heterocycles. The predicted molar refractivity (Wildman–Crippen MR) is 111 cm³/mol. The van der Waals surface area contributed by atoms with Gasteiger partial charge in [0.25, 0.3) is 0 Å². The smallest absolute Gasteiger partial charge is 0.229 e. The molecule has 5 heteroatoms. The average molecular weight is 380 g/mol. The van der Waals surface area contributed by atoms with Crippen molar-refractivity contribution in [2.45, 2.75) is 19.5 Å². The largest absolute Gasteiger partial charge is 0.381 e. The summed E-state index contributed by atoms with van der Waals surface area (Å²) >= 11 is 0. The number of piperazine rings is 1. The van der Waals surface area contributed by atoms with Gasteiger partial charge in [0.2, 0.25) is 5.91 Å². The Hall–Kier alpha value is -2.21. The number of benzene rings is 2. The SMILES string of the molecule is O=C(Nc1ccc(CN2CCN(Cc3ccccc3)CC2)cc1)C1CCOC1. The van der Waals surface area contributed by atoms with Gasteiger partial charge in [-0.15, -0.1) is 0 Å². The normalized spacial score (nSPS) is 20.9. The van der Waals surface area contributed by atoms with Crippen LogP contribution in [0.15, 0.2) is 54.6 Å².